The summed E-state index contributed by atoms with van der Waals surface area (Å²) in [6.07, 6.45) is 5.99. The molecule has 1 aliphatic carbocycles. The average Bonchev–Trinajstić information content (AvgIpc) is 3.03. The predicted octanol–water partition coefficient (Wildman–Crippen LogP) is 2.30. The zero-order valence-corrected chi connectivity index (χ0v) is 14.4. The predicted molar refractivity (Wildman–Crippen MR) is 91.6 cm³/mol. The standard InChI is InChI=1S/C18H26N2O2S/c21-18(19-7-5-15-2-1-9-23-15)14-10-17-16(6-8-22-17)20(12-14)11-13-3-4-13/h1-2,9,13-14,16-17H,3-8,10-12H2,(H,19,21)/t14-,16+,17+/m0/s1. The molecule has 0 aromatic carbocycles. The molecule has 1 aromatic rings. The third kappa shape index (κ3) is 3.78. The molecule has 0 unspecified atom stereocenters. The topological polar surface area (TPSA) is 41.6 Å². The van der Waals surface area contributed by atoms with Crippen molar-refractivity contribution in [3.05, 3.63) is 22.4 Å². The van der Waals surface area contributed by atoms with Gasteiger partial charge in [-0.2, -0.15) is 0 Å². The van der Waals surface area contributed by atoms with Crippen molar-refractivity contribution in [2.75, 3.05) is 26.2 Å². The molecule has 0 spiro atoms. The maximum Gasteiger partial charge on any atom is 0.224 e. The molecule has 23 heavy (non-hydrogen) atoms. The van der Waals surface area contributed by atoms with Crippen molar-refractivity contribution < 1.29 is 9.53 Å². The Labute approximate surface area is 142 Å². The summed E-state index contributed by atoms with van der Waals surface area (Å²) in [5.74, 6) is 1.18. The fourth-order valence-corrected chi connectivity index (χ4v) is 4.70. The third-order valence-electron chi connectivity index (χ3n) is 5.43. The molecule has 3 fully saturated rings. The molecule has 4 nitrogen and oxygen atoms in total. The van der Waals surface area contributed by atoms with Gasteiger partial charge in [0.05, 0.1) is 12.0 Å². The normalized spacial score (nSPS) is 31.0. The SMILES string of the molecule is O=C(NCCc1cccs1)[C@H]1C[C@H]2OCC[C@H]2N(CC2CC2)C1. The van der Waals surface area contributed by atoms with Crippen LogP contribution in [0.3, 0.4) is 0 Å². The van der Waals surface area contributed by atoms with Gasteiger partial charge < -0.3 is 10.1 Å². The van der Waals surface area contributed by atoms with E-state index in [2.05, 4.69) is 27.7 Å². The number of carbonyl (C=O) groups is 1. The average molecular weight is 334 g/mol. The van der Waals surface area contributed by atoms with Crippen LogP contribution in [0.2, 0.25) is 0 Å². The molecule has 4 rings (SSSR count). The van der Waals surface area contributed by atoms with Gasteiger partial charge in [0.25, 0.3) is 0 Å². The monoisotopic (exact) mass is 334 g/mol. The van der Waals surface area contributed by atoms with Crippen molar-refractivity contribution in [1.29, 1.82) is 0 Å². The van der Waals surface area contributed by atoms with E-state index in [4.69, 9.17) is 4.74 Å². The number of piperidine rings is 1. The lowest BCUT2D eigenvalue weighted by Crippen LogP contribution is -2.53. The Morgan fingerprint density at radius 1 is 1.39 bits per heavy atom. The van der Waals surface area contributed by atoms with Crippen LogP contribution in [0.4, 0.5) is 0 Å². The molecular formula is C18H26N2O2S. The maximum absolute atomic E-state index is 12.6. The highest BCUT2D eigenvalue weighted by Gasteiger charge is 2.43. The van der Waals surface area contributed by atoms with Crippen LogP contribution in [-0.4, -0.2) is 49.2 Å². The Bertz CT molecular complexity index is 529. The van der Waals surface area contributed by atoms with Crippen LogP contribution in [0.5, 0.6) is 0 Å². The molecular weight excluding hydrogens is 308 g/mol. The smallest absolute Gasteiger partial charge is 0.224 e. The summed E-state index contributed by atoms with van der Waals surface area (Å²) >= 11 is 1.76. The second-order valence-electron chi connectivity index (χ2n) is 7.22. The fourth-order valence-electron chi connectivity index (χ4n) is 3.99. The highest BCUT2D eigenvalue weighted by Crippen LogP contribution is 2.36. The van der Waals surface area contributed by atoms with Gasteiger partial charge in [-0.3, -0.25) is 9.69 Å². The Balaban J connectivity index is 1.30. The summed E-state index contributed by atoms with van der Waals surface area (Å²) in [5.41, 5.74) is 0. The second-order valence-corrected chi connectivity index (χ2v) is 8.25. The molecule has 126 valence electrons. The molecule has 2 saturated heterocycles. The summed E-state index contributed by atoms with van der Waals surface area (Å²) in [4.78, 5) is 16.5. The number of thiophene rings is 1. The van der Waals surface area contributed by atoms with Crippen molar-refractivity contribution in [2.45, 2.75) is 44.2 Å². The number of hydrogen-bond donors (Lipinski definition) is 1. The lowest BCUT2D eigenvalue weighted by Gasteiger charge is -2.40. The number of fused-ring (bicyclic) bond motifs is 1. The number of rotatable bonds is 6. The Morgan fingerprint density at radius 3 is 3.09 bits per heavy atom. The number of amides is 1. The summed E-state index contributed by atoms with van der Waals surface area (Å²) in [6.45, 7) is 3.70. The van der Waals surface area contributed by atoms with E-state index in [0.29, 0.717) is 6.04 Å². The number of hydrogen-bond acceptors (Lipinski definition) is 4. The van der Waals surface area contributed by atoms with Gasteiger partial charge in [-0.05, 0) is 49.5 Å². The molecule has 0 radical (unpaired) electrons. The molecule has 5 heteroatoms. The van der Waals surface area contributed by atoms with Gasteiger partial charge in [0.2, 0.25) is 5.91 Å². The van der Waals surface area contributed by atoms with Crippen LogP contribution in [0.1, 0.15) is 30.6 Å². The molecule has 1 aromatic heterocycles. The van der Waals surface area contributed by atoms with Gasteiger partial charge >= 0.3 is 0 Å². The fraction of sp³-hybridized carbons (Fsp3) is 0.722. The summed E-state index contributed by atoms with van der Waals surface area (Å²) in [6, 6.07) is 4.76. The van der Waals surface area contributed by atoms with Crippen molar-refractivity contribution in [1.82, 2.24) is 10.2 Å². The Hall–Kier alpha value is -0.910. The Morgan fingerprint density at radius 2 is 2.30 bits per heavy atom. The molecule has 2 aliphatic heterocycles. The zero-order valence-electron chi connectivity index (χ0n) is 13.6. The van der Waals surface area contributed by atoms with E-state index in [1.165, 1.54) is 24.3 Å². The van der Waals surface area contributed by atoms with E-state index in [1.807, 2.05) is 0 Å². The van der Waals surface area contributed by atoms with Gasteiger partial charge in [0.1, 0.15) is 0 Å². The number of nitrogens with one attached hydrogen (secondary N) is 1. The van der Waals surface area contributed by atoms with Crippen LogP contribution in [0.25, 0.3) is 0 Å². The lowest BCUT2D eigenvalue weighted by molar-refractivity contribution is -0.129. The quantitative estimate of drug-likeness (QED) is 0.868. The summed E-state index contributed by atoms with van der Waals surface area (Å²) < 4.78 is 5.91. The van der Waals surface area contributed by atoms with E-state index in [9.17, 15) is 4.79 Å². The summed E-state index contributed by atoms with van der Waals surface area (Å²) in [5, 5.41) is 5.23. The first-order valence-electron chi connectivity index (χ1n) is 8.95. The number of carbonyl (C=O) groups excluding carboxylic acids is 1. The second kappa shape index (κ2) is 6.91. The first-order chi connectivity index (χ1) is 11.3. The minimum Gasteiger partial charge on any atom is -0.377 e. The highest BCUT2D eigenvalue weighted by molar-refractivity contribution is 7.09. The van der Waals surface area contributed by atoms with Crippen molar-refractivity contribution in [2.24, 2.45) is 11.8 Å². The van der Waals surface area contributed by atoms with E-state index in [0.717, 1.165) is 44.9 Å². The molecule has 3 aliphatic rings. The van der Waals surface area contributed by atoms with Gasteiger partial charge in [0, 0.05) is 37.2 Å². The number of ether oxygens (including phenoxy) is 1. The van der Waals surface area contributed by atoms with E-state index < -0.39 is 0 Å². The van der Waals surface area contributed by atoms with Crippen LogP contribution in [-0.2, 0) is 16.0 Å². The minimum absolute atomic E-state index is 0.0939. The van der Waals surface area contributed by atoms with Crippen LogP contribution < -0.4 is 5.32 Å². The molecule has 3 atom stereocenters. The van der Waals surface area contributed by atoms with E-state index in [-0.39, 0.29) is 17.9 Å². The summed E-state index contributed by atoms with van der Waals surface area (Å²) in [7, 11) is 0. The van der Waals surface area contributed by atoms with Crippen LogP contribution in [0, 0.1) is 11.8 Å². The highest BCUT2D eigenvalue weighted by atomic mass is 32.1. The van der Waals surface area contributed by atoms with Crippen LogP contribution >= 0.6 is 11.3 Å². The first kappa shape index (κ1) is 15.6. The molecule has 1 amide bonds. The van der Waals surface area contributed by atoms with Crippen molar-refractivity contribution >= 4 is 17.2 Å². The number of likely N-dealkylation sites (tertiary alicyclic amines) is 1. The molecule has 1 saturated carbocycles. The largest absolute Gasteiger partial charge is 0.377 e. The van der Waals surface area contributed by atoms with Crippen molar-refractivity contribution in [3.63, 3.8) is 0 Å². The third-order valence-corrected chi connectivity index (χ3v) is 6.36. The number of nitrogens with zero attached hydrogens (tertiary/aromatic N) is 1. The van der Waals surface area contributed by atoms with Crippen LogP contribution in [0.15, 0.2) is 17.5 Å². The van der Waals surface area contributed by atoms with Crippen molar-refractivity contribution in [3.8, 4) is 0 Å². The van der Waals surface area contributed by atoms with Gasteiger partial charge in [-0.1, -0.05) is 6.07 Å². The van der Waals surface area contributed by atoms with E-state index >= 15 is 0 Å². The lowest BCUT2D eigenvalue weighted by atomic mass is 9.89. The Kier molecular flexibility index (Phi) is 4.69. The zero-order chi connectivity index (χ0) is 15.6. The van der Waals surface area contributed by atoms with Gasteiger partial charge in [0.15, 0.2) is 0 Å². The first-order valence-corrected chi connectivity index (χ1v) is 9.83. The molecule has 1 N–H and O–H groups in total. The minimum atomic E-state index is 0.0939. The maximum atomic E-state index is 12.6. The molecule has 0 bridgehead atoms. The molecule has 3 heterocycles. The van der Waals surface area contributed by atoms with Gasteiger partial charge in [-0.25, -0.2) is 0 Å². The van der Waals surface area contributed by atoms with E-state index in [1.54, 1.807) is 11.3 Å². The van der Waals surface area contributed by atoms with Gasteiger partial charge in [-0.15, -0.1) is 11.3 Å².